The summed E-state index contributed by atoms with van der Waals surface area (Å²) in [6.45, 7) is 6.86. The second kappa shape index (κ2) is 6.94. The number of furan rings is 1. The van der Waals surface area contributed by atoms with Gasteiger partial charge in [-0.1, -0.05) is 26.0 Å². The van der Waals surface area contributed by atoms with Crippen LogP contribution in [0.1, 0.15) is 66.2 Å². The molecule has 3 nitrogen and oxygen atoms in total. The lowest BCUT2D eigenvalue weighted by atomic mass is 9.88. The molecule has 5 heterocycles. The van der Waals surface area contributed by atoms with Gasteiger partial charge in [-0.05, 0) is 68.0 Å². The lowest BCUT2D eigenvalue weighted by molar-refractivity contribution is -0.955. The molecule has 3 aromatic heterocycles. The molecule has 0 fully saturated rings. The minimum atomic E-state index is -0.473. The van der Waals surface area contributed by atoms with Crippen molar-refractivity contribution < 1.29 is 13.6 Å². The summed E-state index contributed by atoms with van der Waals surface area (Å²) in [7, 11) is 0. The molecule has 5 aromatic rings. The largest absolute Gasteiger partial charge is 0.460 e. The fraction of sp³-hybridized carbons (Fsp3) is 0.273. The van der Waals surface area contributed by atoms with Crippen molar-refractivity contribution in [2.75, 3.05) is 0 Å². The van der Waals surface area contributed by atoms with Crippen molar-refractivity contribution in [3.8, 4) is 22.5 Å². The van der Waals surface area contributed by atoms with Crippen LogP contribution < -0.4 is 9.13 Å². The van der Waals surface area contributed by atoms with Gasteiger partial charge in [-0.25, -0.2) is 0 Å². The highest BCUT2D eigenvalue weighted by Gasteiger charge is 2.67. The Morgan fingerprint density at radius 2 is 1.69 bits per heavy atom. The predicted octanol–water partition coefficient (Wildman–Crippen LogP) is 6.58. The third-order valence-electron chi connectivity index (χ3n) is 8.84. The Hall–Kier alpha value is -3.72. The summed E-state index contributed by atoms with van der Waals surface area (Å²) in [6.07, 6.45) is 9.29. The summed E-state index contributed by atoms with van der Waals surface area (Å²) in [5.74, 6) is 1.66. The maximum absolute atomic E-state index is 6.78. The quantitative estimate of drug-likeness (QED) is 0.248. The van der Waals surface area contributed by atoms with Crippen LogP contribution in [0, 0.1) is 6.92 Å². The molecular weight excluding hydrogens is 440 g/mol. The molecule has 8 rings (SSSR count). The molecule has 1 spiro atoms. The third-order valence-corrected chi connectivity index (χ3v) is 8.84. The minimum absolute atomic E-state index is 0.454. The first kappa shape index (κ1) is 20.5. The lowest BCUT2D eigenvalue weighted by Crippen LogP contribution is -2.71. The molecule has 176 valence electrons. The molecule has 36 heavy (non-hydrogen) atoms. The Balaban J connectivity index is 1.58. The summed E-state index contributed by atoms with van der Waals surface area (Å²) in [5.41, 5.74) is 12.5. The zero-order chi connectivity index (χ0) is 24.2. The highest BCUT2D eigenvalue weighted by Crippen LogP contribution is 2.50. The first-order valence-electron chi connectivity index (χ1n) is 13.4. The van der Waals surface area contributed by atoms with E-state index in [2.05, 4.69) is 103 Å². The molecule has 3 heteroatoms. The minimum Gasteiger partial charge on any atom is -0.460 e. The number of pyridine rings is 2. The second-order valence-corrected chi connectivity index (χ2v) is 11.1. The molecule has 3 aliphatic rings. The van der Waals surface area contributed by atoms with E-state index in [9.17, 15) is 0 Å². The summed E-state index contributed by atoms with van der Waals surface area (Å²) >= 11 is 0. The monoisotopic (exact) mass is 470 g/mol. The average Bonchev–Trinajstić information content (AvgIpc) is 3.51. The Bertz CT molecular complexity index is 1690. The molecule has 1 atom stereocenters. The van der Waals surface area contributed by atoms with Gasteiger partial charge >= 0.3 is 5.66 Å². The SMILES string of the molecule is Cc1c[n+]2c(cc1C(C)C)-c1c(ccc3c4c(oc13)CCCC4)C21c2ccccc2-c2cccc[n+]21. The van der Waals surface area contributed by atoms with Gasteiger partial charge in [0.15, 0.2) is 12.4 Å². The zero-order valence-corrected chi connectivity index (χ0v) is 21.1. The number of aromatic nitrogens is 2. The predicted molar refractivity (Wildman–Crippen MR) is 141 cm³/mol. The summed E-state index contributed by atoms with van der Waals surface area (Å²) in [5, 5.41) is 1.31. The normalized spacial score (nSPS) is 18.9. The Morgan fingerprint density at radius 3 is 2.58 bits per heavy atom. The summed E-state index contributed by atoms with van der Waals surface area (Å²) in [4.78, 5) is 0. The summed E-state index contributed by atoms with van der Waals surface area (Å²) < 4.78 is 11.8. The fourth-order valence-electron chi connectivity index (χ4n) is 7.36. The van der Waals surface area contributed by atoms with Crippen LogP contribution in [-0.4, -0.2) is 0 Å². The van der Waals surface area contributed by atoms with Crippen molar-refractivity contribution in [1.82, 2.24) is 0 Å². The van der Waals surface area contributed by atoms with Crippen LogP contribution in [0.3, 0.4) is 0 Å². The number of hydrogen-bond donors (Lipinski definition) is 0. The number of benzene rings is 2. The first-order valence-corrected chi connectivity index (χ1v) is 13.4. The van der Waals surface area contributed by atoms with E-state index in [-0.39, 0.29) is 0 Å². The van der Waals surface area contributed by atoms with Gasteiger partial charge < -0.3 is 4.42 Å². The van der Waals surface area contributed by atoms with Gasteiger partial charge in [0, 0.05) is 41.1 Å². The van der Waals surface area contributed by atoms with Crippen LogP contribution in [0.5, 0.6) is 0 Å². The highest BCUT2D eigenvalue weighted by atomic mass is 16.3. The van der Waals surface area contributed by atoms with Crippen LogP contribution in [0.15, 0.2) is 77.5 Å². The van der Waals surface area contributed by atoms with E-state index in [0.717, 1.165) is 18.4 Å². The van der Waals surface area contributed by atoms with Crippen LogP contribution in [-0.2, 0) is 18.5 Å². The molecular formula is C33H30N2O+2. The van der Waals surface area contributed by atoms with Gasteiger partial charge in [0.05, 0.1) is 5.56 Å². The summed E-state index contributed by atoms with van der Waals surface area (Å²) in [6, 6.07) is 22.7. The van der Waals surface area contributed by atoms with Crippen molar-refractivity contribution in [2.45, 2.75) is 58.0 Å². The molecule has 0 saturated carbocycles. The van der Waals surface area contributed by atoms with E-state index in [0.29, 0.717) is 5.92 Å². The molecule has 2 aliphatic heterocycles. The third kappa shape index (κ3) is 2.30. The van der Waals surface area contributed by atoms with Crippen LogP contribution in [0.25, 0.3) is 33.5 Å². The molecule has 0 saturated heterocycles. The number of aryl methyl sites for hydroxylation is 3. The van der Waals surface area contributed by atoms with E-state index in [1.807, 2.05) is 0 Å². The number of rotatable bonds is 1. The van der Waals surface area contributed by atoms with Crippen LogP contribution in [0.2, 0.25) is 0 Å². The van der Waals surface area contributed by atoms with Crippen LogP contribution in [0.4, 0.5) is 0 Å². The molecule has 0 bridgehead atoms. The standard InChI is InChI=1S/C33H30N2O/c1-20(2)25-18-29-31-27(16-15-23-22-10-5-7-14-30(22)36-32(23)31)33(35(29)19-21(25)3)26-12-6-4-11-24(26)28-13-8-9-17-34(28)33/h4,6,8-9,11-13,15-20H,5,7,10,14H2,1-3H3/q+2. The van der Waals surface area contributed by atoms with Crippen molar-refractivity contribution in [3.63, 3.8) is 0 Å². The van der Waals surface area contributed by atoms with Crippen molar-refractivity contribution in [3.05, 3.63) is 107 Å². The van der Waals surface area contributed by atoms with Gasteiger partial charge in [-0.15, -0.1) is 9.13 Å². The van der Waals surface area contributed by atoms with Crippen molar-refractivity contribution in [2.24, 2.45) is 0 Å². The topological polar surface area (TPSA) is 20.9 Å². The molecule has 0 N–H and O–H groups in total. The number of hydrogen-bond acceptors (Lipinski definition) is 1. The molecule has 1 aliphatic carbocycles. The van der Waals surface area contributed by atoms with Gasteiger partial charge in [-0.3, -0.25) is 0 Å². The zero-order valence-electron chi connectivity index (χ0n) is 21.1. The van der Waals surface area contributed by atoms with E-state index >= 15 is 0 Å². The Labute approximate surface area is 211 Å². The van der Waals surface area contributed by atoms with E-state index < -0.39 is 5.66 Å². The van der Waals surface area contributed by atoms with Gasteiger partial charge in [0.25, 0.3) is 0 Å². The van der Waals surface area contributed by atoms with Crippen LogP contribution >= 0.6 is 0 Å². The van der Waals surface area contributed by atoms with Crippen molar-refractivity contribution in [1.29, 1.82) is 0 Å². The number of nitrogens with zero attached hydrogens (tertiary/aromatic N) is 2. The second-order valence-electron chi connectivity index (χ2n) is 11.1. The van der Waals surface area contributed by atoms with Gasteiger partial charge in [-0.2, -0.15) is 0 Å². The maximum Gasteiger partial charge on any atom is 0.417 e. The van der Waals surface area contributed by atoms with E-state index in [1.54, 1.807) is 0 Å². The lowest BCUT2D eigenvalue weighted by Gasteiger charge is -2.18. The van der Waals surface area contributed by atoms with Gasteiger partial charge in [0.1, 0.15) is 28.0 Å². The Kier molecular flexibility index (Phi) is 3.95. The molecule has 2 aromatic carbocycles. The maximum atomic E-state index is 6.78. The Morgan fingerprint density at radius 1 is 0.861 bits per heavy atom. The average molecular weight is 471 g/mol. The van der Waals surface area contributed by atoms with E-state index in [1.165, 1.54) is 74.3 Å². The smallest absolute Gasteiger partial charge is 0.417 e. The molecule has 1 unspecified atom stereocenters. The fourth-order valence-corrected chi connectivity index (χ4v) is 7.36. The highest BCUT2D eigenvalue weighted by molar-refractivity contribution is 5.97. The van der Waals surface area contributed by atoms with Crippen molar-refractivity contribution >= 4 is 11.0 Å². The first-order chi connectivity index (χ1) is 17.6. The molecule has 0 amide bonds. The number of fused-ring (bicyclic) bond motifs is 14. The molecule has 0 radical (unpaired) electrons. The van der Waals surface area contributed by atoms with E-state index in [4.69, 9.17) is 4.42 Å². The van der Waals surface area contributed by atoms with Gasteiger partial charge in [0.2, 0.25) is 11.4 Å².